The standard InChI is InChI=1S/C9H17NO/c1-6-7-4-2-3-5-8(7)11-9(6)10/h6-9H,2-5,10H2,1H3. The van der Waals surface area contributed by atoms with E-state index in [-0.39, 0.29) is 6.23 Å². The average molecular weight is 155 g/mol. The van der Waals surface area contributed by atoms with Crippen LogP contribution in [0.3, 0.4) is 0 Å². The van der Waals surface area contributed by atoms with Crippen molar-refractivity contribution in [2.75, 3.05) is 0 Å². The van der Waals surface area contributed by atoms with Gasteiger partial charge < -0.3 is 10.5 Å². The minimum atomic E-state index is 0.0168. The normalized spacial score (nSPS) is 50.7. The Morgan fingerprint density at radius 2 is 2.00 bits per heavy atom. The minimum absolute atomic E-state index is 0.0168. The van der Waals surface area contributed by atoms with Crippen LogP contribution in [0.15, 0.2) is 0 Å². The molecule has 1 aliphatic carbocycles. The zero-order chi connectivity index (χ0) is 7.84. The van der Waals surface area contributed by atoms with Gasteiger partial charge in [-0.05, 0) is 18.8 Å². The third-order valence-corrected chi connectivity index (χ3v) is 3.28. The summed E-state index contributed by atoms with van der Waals surface area (Å²) in [6.07, 6.45) is 5.79. The number of ether oxygens (including phenoxy) is 1. The molecule has 0 aromatic rings. The predicted molar refractivity (Wildman–Crippen MR) is 44.0 cm³/mol. The molecule has 1 saturated carbocycles. The Hall–Kier alpha value is -0.0800. The van der Waals surface area contributed by atoms with Gasteiger partial charge in [0.05, 0.1) is 6.10 Å². The van der Waals surface area contributed by atoms with E-state index in [1.807, 2.05) is 0 Å². The summed E-state index contributed by atoms with van der Waals surface area (Å²) in [6.45, 7) is 2.22. The first kappa shape index (κ1) is 7.56. The van der Waals surface area contributed by atoms with Gasteiger partial charge in [0.1, 0.15) is 6.23 Å². The Morgan fingerprint density at radius 3 is 2.73 bits per heavy atom. The lowest BCUT2D eigenvalue weighted by Crippen LogP contribution is -2.26. The summed E-state index contributed by atoms with van der Waals surface area (Å²) in [5.74, 6) is 1.35. The van der Waals surface area contributed by atoms with Gasteiger partial charge in [0.25, 0.3) is 0 Å². The SMILES string of the molecule is CC1C(N)OC2CCCCC21. The van der Waals surface area contributed by atoms with Crippen LogP contribution in [0.1, 0.15) is 32.6 Å². The quantitative estimate of drug-likeness (QED) is 0.575. The number of rotatable bonds is 0. The second-order valence-electron chi connectivity index (χ2n) is 3.95. The first-order valence-corrected chi connectivity index (χ1v) is 4.70. The molecule has 2 aliphatic rings. The van der Waals surface area contributed by atoms with E-state index in [9.17, 15) is 0 Å². The lowest BCUT2D eigenvalue weighted by molar-refractivity contribution is 0.0196. The van der Waals surface area contributed by atoms with Crippen molar-refractivity contribution in [3.05, 3.63) is 0 Å². The van der Waals surface area contributed by atoms with Gasteiger partial charge in [-0.2, -0.15) is 0 Å². The zero-order valence-corrected chi connectivity index (χ0v) is 7.12. The van der Waals surface area contributed by atoms with Crippen molar-refractivity contribution >= 4 is 0 Å². The summed E-state index contributed by atoms with van der Waals surface area (Å²) in [7, 11) is 0. The molecule has 0 bridgehead atoms. The Bertz CT molecular complexity index is 148. The molecule has 2 rings (SSSR count). The highest BCUT2D eigenvalue weighted by molar-refractivity contribution is 4.87. The van der Waals surface area contributed by atoms with Gasteiger partial charge in [-0.25, -0.2) is 0 Å². The zero-order valence-electron chi connectivity index (χ0n) is 7.12. The molecule has 0 radical (unpaired) electrons. The van der Waals surface area contributed by atoms with Crippen LogP contribution in [-0.2, 0) is 4.74 Å². The van der Waals surface area contributed by atoms with E-state index in [1.165, 1.54) is 25.7 Å². The van der Waals surface area contributed by atoms with E-state index in [0.717, 1.165) is 5.92 Å². The fraction of sp³-hybridized carbons (Fsp3) is 1.00. The maximum atomic E-state index is 5.82. The molecule has 4 atom stereocenters. The summed E-state index contributed by atoms with van der Waals surface area (Å²) in [5, 5.41) is 0. The molecule has 0 amide bonds. The third kappa shape index (κ3) is 1.18. The molecular weight excluding hydrogens is 138 g/mol. The number of hydrogen-bond acceptors (Lipinski definition) is 2. The van der Waals surface area contributed by atoms with Crippen molar-refractivity contribution in [1.82, 2.24) is 0 Å². The lowest BCUT2D eigenvalue weighted by atomic mass is 9.80. The summed E-state index contributed by atoms with van der Waals surface area (Å²) < 4.78 is 5.66. The fourth-order valence-electron chi connectivity index (χ4n) is 2.47. The average Bonchev–Trinajstić information content (AvgIpc) is 2.30. The van der Waals surface area contributed by atoms with E-state index < -0.39 is 0 Å². The van der Waals surface area contributed by atoms with Crippen LogP contribution in [0.25, 0.3) is 0 Å². The molecule has 4 unspecified atom stereocenters. The van der Waals surface area contributed by atoms with Crippen LogP contribution < -0.4 is 5.73 Å². The molecule has 0 spiro atoms. The Kier molecular flexibility index (Phi) is 1.90. The maximum absolute atomic E-state index is 5.82. The molecular formula is C9H17NO. The van der Waals surface area contributed by atoms with Crippen LogP contribution >= 0.6 is 0 Å². The summed E-state index contributed by atoms with van der Waals surface area (Å²) in [4.78, 5) is 0. The minimum Gasteiger partial charge on any atom is -0.360 e. The molecule has 1 heterocycles. The molecule has 1 saturated heterocycles. The molecule has 11 heavy (non-hydrogen) atoms. The van der Waals surface area contributed by atoms with Gasteiger partial charge in [0.15, 0.2) is 0 Å². The van der Waals surface area contributed by atoms with Crippen molar-refractivity contribution in [3.8, 4) is 0 Å². The Balaban J connectivity index is 2.05. The monoisotopic (exact) mass is 155 g/mol. The molecule has 2 N–H and O–H groups in total. The largest absolute Gasteiger partial charge is 0.360 e. The van der Waals surface area contributed by atoms with Crippen molar-refractivity contribution < 1.29 is 4.74 Å². The van der Waals surface area contributed by atoms with Crippen LogP contribution in [0.4, 0.5) is 0 Å². The van der Waals surface area contributed by atoms with Gasteiger partial charge in [-0.3, -0.25) is 0 Å². The molecule has 64 valence electrons. The number of nitrogens with two attached hydrogens (primary N) is 1. The topological polar surface area (TPSA) is 35.2 Å². The van der Waals surface area contributed by atoms with E-state index in [2.05, 4.69) is 6.92 Å². The van der Waals surface area contributed by atoms with Crippen molar-refractivity contribution in [2.24, 2.45) is 17.6 Å². The summed E-state index contributed by atoms with van der Waals surface area (Å²) >= 11 is 0. The molecule has 2 nitrogen and oxygen atoms in total. The van der Waals surface area contributed by atoms with Gasteiger partial charge in [-0.15, -0.1) is 0 Å². The molecule has 1 aliphatic heterocycles. The predicted octanol–water partition coefficient (Wildman–Crippen LogP) is 1.50. The van der Waals surface area contributed by atoms with Gasteiger partial charge >= 0.3 is 0 Å². The lowest BCUT2D eigenvalue weighted by Gasteiger charge is -2.25. The highest BCUT2D eigenvalue weighted by atomic mass is 16.5. The van der Waals surface area contributed by atoms with E-state index in [4.69, 9.17) is 10.5 Å². The van der Waals surface area contributed by atoms with Crippen LogP contribution in [0.2, 0.25) is 0 Å². The van der Waals surface area contributed by atoms with Crippen LogP contribution in [0.5, 0.6) is 0 Å². The third-order valence-electron chi connectivity index (χ3n) is 3.28. The van der Waals surface area contributed by atoms with Gasteiger partial charge in [0.2, 0.25) is 0 Å². The van der Waals surface area contributed by atoms with E-state index in [1.54, 1.807) is 0 Å². The smallest absolute Gasteiger partial charge is 0.108 e. The van der Waals surface area contributed by atoms with E-state index >= 15 is 0 Å². The Labute approximate surface area is 68.1 Å². The second-order valence-corrected chi connectivity index (χ2v) is 3.95. The van der Waals surface area contributed by atoms with Gasteiger partial charge in [-0.1, -0.05) is 19.8 Å². The first-order chi connectivity index (χ1) is 5.29. The highest BCUT2D eigenvalue weighted by Crippen LogP contribution is 2.39. The number of hydrogen-bond donors (Lipinski definition) is 1. The van der Waals surface area contributed by atoms with Crippen LogP contribution in [0, 0.1) is 11.8 Å². The summed E-state index contributed by atoms with van der Waals surface area (Å²) in [6, 6.07) is 0. The van der Waals surface area contributed by atoms with Crippen molar-refractivity contribution in [2.45, 2.75) is 44.9 Å². The van der Waals surface area contributed by atoms with Crippen LogP contribution in [-0.4, -0.2) is 12.3 Å². The second kappa shape index (κ2) is 2.76. The first-order valence-electron chi connectivity index (χ1n) is 4.70. The molecule has 2 heteroatoms. The fourth-order valence-corrected chi connectivity index (χ4v) is 2.47. The molecule has 2 fully saturated rings. The number of fused-ring (bicyclic) bond motifs is 1. The van der Waals surface area contributed by atoms with Crippen molar-refractivity contribution in [1.29, 1.82) is 0 Å². The van der Waals surface area contributed by atoms with Gasteiger partial charge in [0, 0.05) is 5.92 Å². The maximum Gasteiger partial charge on any atom is 0.108 e. The highest BCUT2D eigenvalue weighted by Gasteiger charge is 2.40. The Morgan fingerprint density at radius 1 is 1.27 bits per heavy atom. The summed E-state index contributed by atoms with van der Waals surface area (Å²) in [5.41, 5.74) is 5.82. The van der Waals surface area contributed by atoms with E-state index in [0.29, 0.717) is 12.0 Å². The molecule has 0 aromatic heterocycles. The molecule has 0 aromatic carbocycles. The van der Waals surface area contributed by atoms with Crippen molar-refractivity contribution in [3.63, 3.8) is 0 Å².